The zero-order chi connectivity index (χ0) is 27.6. The Hall–Kier alpha value is -4.45. The molecule has 0 spiro atoms. The van der Waals surface area contributed by atoms with Crippen molar-refractivity contribution in [3.8, 4) is 17.2 Å². The lowest BCUT2D eigenvalue weighted by Crippen LogP contribution is -2.42. The number of methoxy groups -OCH3 is 1. The van der Waals surface area contributed by atoms with E-state index in [0.717, 1.165) is 16.7 Å². The average molecular weight is 547 g/mol. The molecule has 40 heavy (non-hydrogen) atoms. The van der Waals surface area contributed by atoms with E-state index in [0.29, 0.717) is 67.5 Å². The maximum Gasteiger partial charge on any atom is 0.309 e. The number of likely N-dealkylation sites (tertiary alicyclic amines) is 1. The van der Waals surface area contributed by atoms with Gasteiger partial charge in [0, 0.05) is 30.1 Å². The quantitative estimate of drug-likeness (QED) is 0.329. The number of nitrogens with one attached hydrogen (secondary N) is 1. The lowest BCUT2D eigenvalue weighted by atomic mass is 9.94. The second-order valence-corrected chi connectivity index (χ2v) is 9.85. The van der Waals surface area contributed by atoms with Crippen molar-refractivity contribution in [1.82, 2.24) is 30.1 Å². The van der Waals surface area contributed by atoms with Crippen molar-refractivity contribution < 1.29 is 23.7 Å². The number of aromatic amines is 1. The SMILES string of the molecule is CCOC(=O)C1CCN(C(c2cc3cc4c(cc3[nH]c2=O)OCO4)c2nnnn2Cc2ccc(OC)cc2)CC1. The summed E-state index contributed by atoms with van der Waals surface area (Å²) in [7, 11) is 1.62. The summed E-state index contributed by atoms with van der Waals surface area (Å²) >= 11 is 0. The average Bonchev–Trinajstić information content (AvgIpc) is 3.62. The number of fused-ring (bicyclic) bond motifs is 2. The molecule has 1 atom stereocenters. The van der Waals surface area contributed by atoms with Gasteiger partial charge in [-0.05, 0) is 60.0 Å². The minimum absolute atomic E-state index is 0.140. The molecule has 208 valence electrons. The Morgan fingerprint density at radius 3 is 2.60 bits per heavy atom. The van der Waals surface area contributed by atoms with E-state index in [1.54, 1.807) is 17.9 Å². The topological polar surface area (TPSA) is 134 Å². The molecule has 2 aliphatic heterocycles. The van der Waals surface area contributed by atoms with E-state index in [1.807, 2.05) is 43.3 Å². The summed E-state index contributed by atoms with van der Waals surface area (Å²) < 4.78 is 23.3. The Labute approximate surface area is 229 Å². The number of hydrogen-bond acceptors (Lipinski definition) is 10. The number of aromatic nitrogens is 5. The first-order chi connectivity index (χ1) is 19.5. The van der Waals surface area contributed by atoms with Gasteiger partial charge in [0.25, 0.3) is 5.56 Å². The van der Waals surface area contributed by atoms with Crippen LogP contribution in [-0.4, -0.2) is 69.7 Å². The Balaban J connectivity index is 1.38. The highest BCUT2D eigenvalue weighted by Gasteiger charge is 2.35. The largest absolute Gasteiger partial charge is 0.497 e. The number of piperidine rings is 1. The van der Waals surface area contributed by atoms with Crippen molar-refractivity contribution in [2.45, 2.75) is 32.4 Å². The first-order valence-corrected chi connectivity index (χ1v) is 13.3. The van der Waals surface area contributed by atoms with Crippen LogP contribution in [0.5, 0.6) is 17.2 Å². The van der Waals surface area contributed by atoms with Crippen LogP contribution in [0, 0.1) is 5.92 Å². The second-order valence-electron chi connectivity index (χ2n) is 9.85. The van der Waals surface area contributed by atoms with E-state index in [1.165, 1.54) is 0 Å². The Morgan fingerprint density at radius 2 is 1.88 bits per heavy atom. The molecule has 4 aromatic rings. The number of H-pyrrole nitrogens is 1. The standard InChI is InChI=1S/C28H30N6O6/c1-3-38-28(36)18-8-10-33(11-9-18)25(26-30-31-32-34(26)15-17-4-6-20(37-2)7-5-17)21-12-19-13-23-24(40-16-39-23)14-22(19)29-27(21)35/h4-7,12-14,18,25H,3,8-11,15-16H2,1-2H3,(H,29,35). The first kappa shape index (κ1) is 25.8. The Bertz CT molecular complexity index is 1570. The van der Waals surface area contributed by atoms with E-state index in [4.69, 9.17) is 18.9 Å². The number of pyridine rings is 1. The van der Waals surface area contributed by atoms with Crippen LogP contribution >= 0.6 is 0 Å². The van der Waals surface area contributed by atoms with Crippen LogP contribution in [0.4, 0.5) is 0 Å². The predicted molar refractivity (Wildman–Crippen MR) is 143 cm³/mol. The summed E-state index contributed by atoms with van der Waals surface area (Å²) in [5, 5.41) is 13.5. The van der Waals surface area contributed by atoms with Gasteiger partial charge in [-0.2, -0.15) is 0 Å². The Morgan fingerprint density at radius 1 is 1.12 bits per heavy atom. The van der Waals surface area contributed by atoms with Crippen molar-refractivity contribution in [1.29, 1.82) is 0 Å². The number of benzene rings is 2. The number of ether oxygens (including phenoxy) is 4. The van der Waals surface area contributed by atoms with E-state index < -0.39 is 6.04 Å². The van der Waals surface area contributed by atoms with Crippen molar-refractivity contribution >= 4 is 16.9 Å². The predicted octanol–water partition coefficient (Wildman–Crippen LogP) is 2.66. The minimum atomic E-state index is -0.546. The number of carbonyl (C=O) groups excluding carboxylic acids is 1. The van der Waals surface area contributed by atoms with Gasteiger partial charge in [-0.25, -0.2) is 4.68 Å². The van der Waals surface area contributed by atoms with Crippen molar-refractivity contribution in [3.05, 3.63) is 69.8 Å². The molecule has 2 aliphatic rings. The highest BCUT2D eigenvalue weighted by atomic mass is 16.7. The van der Waals surface area contributed by atoms with Crippen LogP contribution in [-0.2, 0) is 16.1 Å². The molecule has 12 heteroatoms. The van der Waals surface area contributed by atoms with Crippen LogP contribution in [0.2, 0.25) is 0 Å². The van der Waals surface area contributed by atoms with E-state index >= 15 is 0 Å². The lowest BCUT2D eigenvalue weighted by molar-refractivity contribution is -0.149. The fourth-order valence-corrected chi connectivity index (χ4v) is 5.39. The Kier molecular flexibility index (Phi) is 7.08. The monoisotopic (exact) mass is 546 g/mol. The van der Waals surface area contributed by atoms with Gasteiger partial charge < -0.3 is 23.9 Å². The third kappa shape index (κ3) is 4.97. The molecule has 1 fully saturated rings. The molecule has 0 radical (unpaired) electrons. The summed E-state index contributed by atoms with van der Waals surface area (Å²) in [5.41, 5.74) is 1.89. The highest BCUT2D eigenvalue weighted by Crippen LogP contribution is 2.37. The number of tetrazole rings is 1. The molecule has 0 saturated carbocycles. The van der Waals surface area contributed by atoms with Crippen LogP contribution in [0.1, 0.15) is 42.8 Å². The molecule has 6 rings (SSSR count). The van der Waals surface area contributed by atoms with Gasteiger partial charge in [0.05, 0.1) is 31.7 Å². The number of carbonyl (C=O) groups is 1. The first-order valence-electron chi connectivity index (χ1n) is 13.3. The normalized spacial score (nSPS) is 16.2. The highest BCUT2D eigenvalue weighted by molar-refractivity contribution is 5.83. The molecular formula is C28H30N6O6. The summed E-state index contributed by atoms with van der Waals surface area (Å²) in [6.45, 7) is 3.86. The van der Waals surface area contributed by atoms with Crippen LogP contribution in [0.15, 0.2) is 47.3 Å². The summed E-state index contributed by atoms with van der Waals surface area (Å²) in [4.78, 5) is 31.2. The van der Waals surface area contributed by atoms with E-state index in [-0.39, 0.29) is 24.2 Å². The third-order valence-electron chi connectivity index (χ3n) is 7.47. The van der Waals surface area contributed by atoms with E-state index in [9.17, 15) is 9.59 Å². The molecular weight excluding hydrogens is 516 g/mol. The summed E-state index contributed by atoms with van der Waals surface area (Å²) in [6.07, 6.45) is 1.22. The molecule has 4 heterocycles. The van der Waals surface area contributed by atoms with Gasteiger partial charge in [-0.15, -0.1) is 5.10 Å². The minimum Gasteiger partial charge on any atom is -0.497 e. The van der Waals surface area contributed by atoms with Gasteiger partial charge in [-0.1, -0.05) is 12.1 Å². The molecule has 0 aliphatic carbocycles. The number of rotatable bonds is 8. The van der Waals surface area contributed by atoms with Gasteiger partial charge in [0.1, 0.15) is 11.8 Å². The molecule has 1 N–H and O–H groups in total. The second kappa shape index (κ2) is 11.0. The molecule has 1 saturated heterocycles. The van der Waals surface area contributed by atoms with Crippen LogP contribution in [0.3, 0.4) is 0 Å². The summed E-state index contributed by atoms with van der Waals surface area (Å²) in [5.74, 6) is 2.16. The fourth-order valence-electron chi connectivity index (χ4n) is 5.39. The van der Waals surface area contributed by atoms with Gasteiger partial charge >= 0.3 is 5.97 Å². The number of esters is 1. The fraction of sp³-hybridized carbons (Fsp3) is 0.393. The lowest BCUT2D eigenvalue weighted by Gasteiger charge is -2.36. The van der Waals surface area contributed by atoms with Gasteiger partial charge in [0.15, 0.2) is 17.3 Å². The molecule has 2 aromatic carbocycles. The van der Waals surface area contributed by atoms with Crippen LogP contribution in [0.25, 0.3) is 10.9 Å². The number of hydrogen-bond donors (Lipinski definition) is 1. The zero-order valence-corrected chi connectivity index (χ0v) is 22.3. The van der Waals surface area contributed by atoms with Crippen molar-refractivity contribution in [2.24, 2.45) is 5.92 Å². The van der Waals surface area contributed by atoms with Crippen molar-refractivity contribution in [2.75, 3.05) is 33.6 Å². The van der Waals surface area contributed by atoms with Crippen molar-refractivity contribution in [3.63, 3.8) is 0 Å². The molecule has 0 amide bonds. The smallest absolute Gasteiger partial charge is 0.309 e. The molecule has 12 nitrogen and oxygen atoms in total. The summed E-state index contributed by atoms with van der Waals surface area (Å²) in [6, 6.07) is 12.6. The molecule has 2 aromatic heterocycles. The maximum absolute atomic E-state index is 13.6. The van der Waals surface area contributed by atoms with Crippen LogP contribution < -0.4 is 19.8 Å². The third-order valence-corrected chi connectivity index (χ3v) is 7.47. The van der Waals surface area contributed by atoms with Gasteiger partial charge in [-0.3, -0.25) is 14.5 Å². The molecule has 1 unspecified atom stereocenters. The maximum atomic E-state index is 13.6. The van der Waals surface area contributed by atoms with E-state index in [2.05, 4.69) is 25.4 Å². The molecule has 0 bridgehead atoms. The zero-order valence-electron chi connectivity index (χ0n) is 22.3. The van der Waals surface area contributed by atoms with Gasteiger partial charge in [0.2, 0.25) is 6.79 Å². The number of nitrogens with zero attached hydrogens (tertiary/aromatic N) is 5.